The maximum atomic E-state index is 4.50. The number of fused-ring (bicyclic) bond motifs is 2. The van der Waals surface area contributed by atoms with Crippen molar-refractivity contribution in [1.82, 2.24) is 4.90 Å². The van der Waals surface area contributed by atoms with Crippen molar-refractivity contribution in [2.75, 3.05) is 26.7 Å². The molecule has 5 atom stereocenters. The summed E-state index contributed by atoms with van der Waals surface area (Å²) in [4.78, 5) is 2.88. The molecule has 5 fully saturated rings. The van der Waals surface area contributed by atoms with Crippen molar-refractivity contribution in [3.63, 3.8) is 0 Å². The number of nitrogens with two attached hydrogens (primary N) is 1. The monoisotopic (exact) mass is 380 g/mol. The van der Waals surface area contributed by atoms with Gasteiger partial charge in [0.25, 0.3) is 0 Å². The number of hydrogen-bond acceptors (Lipinski definition) is 2. The Hall–Kier alpha value is -0.860. The standard InChI is InChI=1S/C25H35N.CH5N/c1-22(2)9-6-10-26(17-22)18-23-12-19-11-21-14-25(16-23,24(21,13-19)15-23)20-7-4-3-5-8-20;1-2/h3-5,7-8,19,21H,6,9-18H2,1-2H3;2H2,1H3. The third kappa shape index (κ3) is 2.53. The van der Waals surface area contributed by atoms with Crippen molar-refractivity contribution in [1.29, 1.82) is 0 Å². The van der Waals surface area contributed by atoms with E-state index in [0.717, 1.165) is 11.8 Å². The van der Waals surface area contributed by atoms with Gasteiger partial charge in [0.05, 0.1) is 0 Å². The Bertz CT molecular complexity index is 727. The zero-order chi connectivity index (χ0) is 19.6. The van der Waals surface area contributed by atoms with Crippen LogP contribution in [0.25, 0.3) is 0 Å². The molecule has 5 aliphatic rings. The molecule has 4 saturated carbocycles. The van der Waals surface area contributed by atoms with Crippen molar-refractivity contribution in [2.45, 2.75) is 70.6 Å². The van der Waals surface area contributed by atoms with E-state index in [0.29, 0.717) is 21.7 Å². The van der Waals surface area contributed by atoms with E-state index in [4.69, 9.17) is 0 Å². The minimum absolute atomic E-state index is 0.526. The molecule has 2 heteroatoms. The predicted molar refractivity (Wildman–Crippen MR) is 117 cm³/mol. The van der Waals surface area contributed by atoms with Crippen LogP contribution in [-0.2, 0) is 5.41 Å². The number of piperidine rings is 1. The molecule has 3 bridgehead atoms. The zero-order valence-corrected chi connectivity index (χ0v) is 18.3. The summed E-state index contributed by atoms with van der Waals surface area (Å²) in [6.07, 6.45) is 12.0. The molecule has 6 rings (SSSR count). The third-order valence-electron chi connectivity index (χ3n) is 9.55. The first-order valence-electron chi connectivity index (χ1n) is 11.8. The van der Waals surface area contributed by atoms with Crippen molar-refractivity contribution >= 4 is 0 Å². The lowest BCUT2D eigenvalue weighted by Gasteiger charge is -2.59. The lowest BCUT2D eigenvalue weighted by atomic mass is 9.44. The molecule has 1 spiro atoms. The molecule has 1 saturated heterocycles. The first-order valence-corrected chi connectivity index (χ1v) is 11.8. The van der Waals surface area contributed by atoms with E-state index in [2.05, 4.69) is 54.8 Å². The molecular weight excluding hydrogens is 340 g/mol. The number of rotatable bonds is 3. The molecule has 2 N–H and O–H groups in total. The molecule has 0 amide bonds. The third-order valence-corrected chi connectivity index (χ3v) is 9.55. The van der Waals surface area contributed by atoms with Crippen molar-refractivity contribution in [2.24, 2.45) is 33.8 Å². The van der Waals surface area contributed by atoms with Gasteiger partial charge in [-0.15, -0.1) is 0 Å². The van der Waals surface area contributed by atoms with E-state index in [9.17, 15) is 0 Å². The molecule has 28 heavy (non-hydrogen) atoms. The van der Waals surface area contributed by atoms with E-state index in [-0.39, 0.29) is 0 Å². The van der Waals surface area contributed by atoms with Crippen molar-refractivity contribution in [3.8, 4) is 0 Å². The highest BCUT2D eigenvalue weighted by molar-refractivity contribution is 5.41. The number of hydrogen-bond donors (Lipinski definition) is 1. The Morgan fingerprint density at radius 2 is 1.82 bits per heavy atom. The second-order valence-electron chi connectivity index (χ2n) is 11.8. The highest BCUT2D eigenvalue weighted by atomic mass is 15.1. The second-order valence-corrected chi connectivity index (χ2v) is 11.8. The smallest absolute Gasteiger partial charge is 0.00388 e. The van der Waals surface area contributed by atoms with E-state index >= 15 is 0 Å². The van der Waals surface area contributed by atoms with Crippen LogP contribution in [0.15, 0.2) is 30.3 Å². The number of nitrogens with zero attached hydrogens (tertiary/aromatic N) is 1. The Labute approximate surface area is 172 Å². The van der Waals surface area contributed by atoms with Crippen molar-refractivity contribution in [3.05, 3.63) is 35.9 Å². The molecule has 5 unspecified atom stereocenters. The van der Waals surface area contributed by atoms with Gasteiger partial charge >= 0.3 is 0 Å². The van der Waals surface area contributed by atoms with Gasteiger partial charge in [0.2, 0.25) is 0 Å². The summed E-state index contributed by atoms with van der Waals surface area (Å²) in [5.74, 6) is 2.09. The van der Waals surface area contributed by atoms with Crippen LogP contribution in [0.1, 0.15) is 70.8 Å². The Kier molecular flexibility index (Phi) is 4.31. The van der Waals surface area contributed by atoms with Gasteiger partial charge in [-0.2, -0.15) is 0 Å². The van der Waals surface area contributed by atoms with E-state index in [1.165, 1.54) is 58.8 Å². The molecule has 0 aromatic heterocycles. The highest BCUT2D eigenvalue weighted by Gasteiger charge is 2.78. The van der Waals surface area contributed by atoms with Crippen LogP contribution in [0.4, 0.5) is 0 Å². The van der Waals surface area contributed by atoms with Crippen LogP contribution in [0.2, 0.25) is 0 Å². The van der Waals surface area contributed by atoms with Gasteiger partial charge in [-0.1, -0.05) is 44.2 Å². The van der Waals surface area contributed by atoms with Crippen molar-refractivity contribution < 1.29 is 0 Å². The van der Waals surface area contributed by atoms with Crippen LogP contribution in [0.3, 0.4) is 0 Å². The lowest BCUT2D eigenvalue weighted by molar-refractivity contribution is -0.0381. The Morgan fingerprint density at radius 1 is 1.04 bits per heavy atom. The summed E-state index contributed by atoms with van der Waals surface area (Å²) in [6.45, 7) is 9.05. The van der Waals surface area contributed by atoms with Gasteiger partial charge in [0.15, 0.2) is 0 Å². The van der Waals surface area contributed by atoms with E-state index < -0.39 is 0 Å². The predicted octanol–water partition coefficient (Wildman–Crippen LogP) is 5.22. The minimum atomic E-state index is 0.526. The highest BCUT2D eigenvalue weighted by Crippen LogP contribution is 2.84. The van der Waals surface area contributed by atoms with Crippen LogP contribution in [0.5, 0.6) is 0 Å². The van der Waals surface area contributed by atoms with Crippen LogP contribution in [0, 0.1) is 28.1 Å². The summed E-state index contributed by atoms with van der Waals surface area (Å²) < 4.78 is 0. The molecule has 1 heterocycles. The summed E-state index contributed by atoms with van der Waals surface area (Å²) in [5.41, 5.74) is 8.56. The van der Waals surface area contributed by atoms with E-state index in [1.54, 1.807) is 24.8 Å². The Morgan fingerprint density at radius 3 is 2.57 bits per heavy atom. The van der Waals surface area contributed by atoms with E-state index in [1.807, 2.05) is 0 Å². The molecule has 2 nitrogen and oxygen atoms in total. The summed E-state index contributed by atoms with van der Waals surface area (Å²) in [5, 5.41) is 0. The first kappa shape index (κ1) is 19.1. The molecule has 4 aliphatic carbocycles. The molecular formula is C26H40N2. The van der Waals surface area contributed by atoms with Crippen LogP contribution < -0.4 is 5.73 Å². The number of likely N-dealkylation sites (tertiary alicyclic amines) is 1. The molecule has 0 radical (unpaired) electrons. The fraction of sp³-hybridized carbons (Fsp3) is 0.769. The normalized spacial score (nSPS) is 45.1. The maximum Gasteiger partial charge on any atom is 0.00388 e. The average Bonchev–Trinajstić information content (AvgIpc) is 2.97. The summed E-state index contributed by atoms with van der Waals surface area (Å²) in [6, 6.07) is 11.7. The number of benzene rings is 1. The second kappa shape index (κ2) is 6.32. The average molecular weight is 381 g/mol. The van der Waals surface area contributed by atoms with Gasteiger partial charge in [-0.05, 0) is 98.6 Å². The molecule has 1 aliphatic heterocycles. The lowest BCUT2D eigenvalue weighted by Crippen LogP contribution is -2.55. The fourth-order valence-corrected chi connectivity index (χ4v) is 9.26. The molecule has 154 valence electrons. The fourth-order valence-electron chi connectivity index (χ4n) is 9.26. The molecule has 1 aromatic rings. The summed E-state index contributed by atoms with van der Waals surface area (Å²) >= 11 is 0. The minimum Gasteiger partial charge on any atom is -0.333 e. The first-order chi connectivity index (χ1) is 13.4. The maximum absolute atomic E-state index is 4.50. The largest absolute Gasteiger partial charge is 0.333 e. The summed E-state index contributed by atoms with van der Waals surface area (Å²) in [7, 11) is 1.50. The molecule has 1 aromatic carbocycles. The Balaban J connectivity index is 0.000000829. The van der Waals surface area contributed by atoms with Gasteiger partial charge in [0, 0.05) is 18.5 Å². The topological polar surface area (TPSA) is 29.3 Å². The van der Waals surface area contributed by atoms with Gasteiger partial charge < -0.3 is 10.6 Å². The zero-order valence-electron chi connectivity index (χ0n) is 18.3. The van der Waals surface area contributed by atoms with Gasteiger partial charge in [0.1, 0.15) is 0 Å². The SMILES string of the molecule is CC1(C)CCCN(CC23CC4CC5CC(c6ccccc6)(C2)C5(C4)C3)C1.CN. The van der Waals surface area contributed by atoms with Gasteiger partial charge in [-0.25, -0.2) is 0 Å². The van der Waals surface area contributed by atoms with Crippen LogP contribution in [-0.4, -0.2) is 31.6 Å². The van der Waals surface area contributed by atoms with Crippen LogP contribution >= 0.6 is 0 Å². The van der Waals surface area contributed by atoms with Gasteiger partial charge in [-0.3, -0.25) is 0 Å². The quantitative estimate of drug-likeness (QED) is 0.779.